The number of esters is 1. The Kier molecular flexibility index (Phi) is 6.18. The van der Waals surface area contributed by atoms with Crippen molar-refractivity contribution in [2.24, 2.45) is 5.73 Å². The van der Waals surface area contributed by atoms with E-state index < -0.39 is 11.9 Å². The molecule has 31 heavy (non-hydrogen) atoms. The molecular weight excluding hydrogens is 466 g/mol. The SMILES string of the molecule is CCOC(=O)C1=C(N)OC2=C(C(=O)CCC2)C1c1ccc(COc2ccc(Br)cc2)o1. The Hall–Kier alpha value is -3.00. The topological polar surface area (TPSA) is 101 Å². The first-order valence-corrected chi connectivity index (χ1v) is 10.8. The molecule has 7 nitrogen and oxygen atoms in total. The van der Waals surface area contributed by atoms with Crippen molar-refractivity contribution in [1.29, 1.82) is 0 Å². The Bertz CT molecular complexity index is 1070. The van der Waals surface area contributed by atoms with E-state index in [-0.39, 0.29) is 30.5 Å². The molecule has 1 aliphatic heterocycles. The van der Waals surface area contributed by atoms with Crippen LogP contribution in [0.5, 0.6) is 5.75 Å². The number of furan rings is 1. The third-order valence-electron chi connectivity index (χ3n) is 5.14. The maximum absolute atomic E-state index is 12.8. The maximum atomic E-state index is 12.8. The number of ketones is 1. The van der Waals surface area contributed by atoms with Crippen molar-refractivity contribution in [1.82, 2.24) is 0 Å². The highest BCUT2D eigenvalue weighted by atomic mass is 79.9. The highest BCUT2D eigenvalue weighted by molar-refractivity contribution is 9.10. The Morgan fingerprint density at radius 2 is 1.97 bits per heavy atom. The zero-order valence-electron chi connectivity index (χ0n) is 17.0. The van der Waals surface area contributed by atoms with Crippen LogP contribution in [0.1, 0.15) is 43.6 Å². The lowest BCUT2D eigenvalue weighted by atomic mass is 9.79. The average Bonchev–Trinajstić information content (AvgIpc) is 3.21. The van der Waals surface area contributed by atoms with Gasteiger partial charge in [-0.2, -0.15) is 0 Å². The van der Waals surface area contributed by atoms with Gasteiger partial charge in [-0.15, -0.1) is 0 Å². The van der Waals surface area contributed by atoms with Gasteiger partial charge in [-0.1, -0.05) is 15.9 Å². The second kappa shape index (κ2) is 9.01. The third kappa shape index (κ3) is 4.39. The molecule has 162 valence electrons. The fraction of sp³-hybridized carbons (Fsp3) is 0.304. The zero-order valence-corrected chi connectivity index (χ0v) is 18.6. The van der Waals surface area contributed by atoms with Gasteiger partial charge in [-0.25, -0.2) is 4.79 Å². The lowest BCUT2D eigenvalue weighted by Crippen LogP contribution is -2.31. The summed E-state index contributed by atoms with van der Waals surface area (Å²) in [7, 11) is 0. The fourth-order valence-electron chi connectivity index (χ4n) is 3.76. The number of nitrogens with two attached hydrogens (primary N) is 1. The van der Waals surface area contributed by atoms with Gasteiger partial charge in [-0.05, 0) is 49.7 Å². The Labute approximate surface area is 188 Å². The molecule has 8 heteroatoms. The number of halogens is 1. The summed E-state index contributed by atoms with van der Waals surface area (Å²) in [5.41, 5.74) is 6.59. The van der Waals surface area contributed by atoms with Crippen LogP contribution in [0.15, 0.2) is 68.1 Å². The van der Waals surface area contributed by atoms with Gasteiger partial charge in [0.25, 0.3) is 0 Å². The van der Waals surface area contributed by atoms with Crippen LogP contribution in [0.2, 0.25) is 0 Å². The van der Waals surface area contributed by atoms with E-state index in [4.69, 9.17) is 24.4 Å². The van der Waals surface area contributed by atoms with Crippen molar-refractivity contribution >= 4 is 27.7 Å². The van der Waals surface area contributed by atoms with E-state index in [0.717, 1.165) is 4.47 Å². The van der Waals surface area contributed by atoms with Crippen LogP contribution in [0.25, 0.3) is 0 Å². The molecular formula is C23H22BrNO6. The van der Waals surface area contributed by atoms with Gasteiger partial charge in [0, 0.05) is 22.9 Å². The predicted octanol–water partition coefficient (Wildman–Crippen LogP) is 4.48. The first-order chi connectivity index (χ1) is 15.0. The van der Waals surface area contributed by atoms with Gasteiger partial charge in [0.2, 0.25) is 5.88 Å². The van der Waals surface area contributed by atoms with E-state index >= 15 is 0 Å². The molecule has 1 aromatic heterocycles. The molecule has 2 N–H and O–H groups in total. The summed E-state index contributed by atoms with van der Waals surface area (Å²) >= 11 is 3.39. The summed E-state index contributed by atoms with van der Waals surface area (Å²) in [6.07, 6.45) is 1.64. The molecule has 1 unspecified atom stereocenters. The second-order valence-electron chi connectivity index (χ2n) is 7.19. The van der Waals surface area contributed by atoms with E-state index in [1.165, 1.54) is 0 Å². The van der Waals surface area contributed by atoms with E-state index in [0.29, 0.717) is 47.9 Å². The molecule has 2 aromatic rings. The van der Waals surface area contributed by atoms with Gasteiger partial charge in [0.05, 0.1) is 12.5 Å². The quantitative estimate of drug-likeness (QED) is 0.599. The molecule has 0 saturated carbocycles. The molecule has 1 aromatic carbocycles. The number of benzene rings is 1. The van der Waals surface area contributed by atoms with Gasteiger partial charge in [-0.3, -0.25) is 4.79 Å². The monoisotopic (exact) mass is 487 g/mol. The van der Waals surface area contributed by atoms with E-state index in [9.17, 15) is 9.59 Å². The van der Waals surface area contributed by atoms with Gasteiger partial charge < -0.3 is 24.4 Å². The van der Waals surface area contributed by atoms with Gasteiger partial charge >= 0.3 is 5.97 Å². The summed E-state index contributed by atoms with van der Waals surface area (Å²) in [4.78, 5) is 25.4. The molecule has 1 aliphatic carbocycles. The summed E-state index contributed by atoms with van der Waals surface area (Å²) < 4.78 is 23.6. The molecule has 0 amide bonds. The Morgan fingerprint density at radius 1 is 1.19 bits per heavy atom. The number of hydrogen-bond donors (Lipinski definition) is 1. The van der Waals surface area contributed by atoms with Crippen LogP contribution in [0.4, 0.5) is 0 Å². The van der Waals surface area contributed by atoms with Crippen LogP contribution in [0.3, 0.4) is 0 Å². The summed E-state index contributed by atoms with van der Waals surface area (Å²) in [6.45, 7) is 2.07. The second-order valence-corrected chi connectivity index (χ2v) is 8.11. The fourth-order valence-corrected chi connectivity index (χ4v) is 4.03. The minimum Gasteiger partial charge on any atom is -0.486 e. The third-order valence-corrected chi connectivity index (χ3v) is 5.67. The Balaban J connectivity index is 1.64. The van der Waals surface area contributed by atoms with Crippen LogP contribution >= 0.6 is 15.9 Å². The Morgan fingerprint density at radius 3 is 2.71 bits per heavy atom. The minimum absolute atomic E-state index is 0.0547. The number of ether oxygens (including phenoxy) is 3. The van der Waals surface area contributed by atoms with E-state index in [1.807, 2.05) is 24.3 Å². The van der Waals surface area contributed by atoms with Crippen molar-refractivity contribution in [3.05, 3.63) is 75.2 Å². The number of rotatable bonds is 6. The average molecular weight is 488 g/mol. The molecule has 0 fully saturated rings. The summed E-state index contributed by atoms with van der Waals surface area (Å²) in [5, 5.41) is 0. The van der Waals surface area contributed by atoms with Gasteiger partial charge in [0.1, 0.15) is 35.2 Å². The molecule has 4 rings (SSSR count). The maximum Gasteiger partial charge on any atom is 0.340 e. The first-order valence-electron chi connectivity index (χ1n) is 10.1. The highest BCUT2D eigenvalue weighted by Crippen LogP contribution is 2.44. The van der Waals surface area contributed by atoms with Crippen molar-refractivity contribution < 1.29 is 28.2 Å². The normalized spacial score (nSPS) is 18.5. The number of carbonyl (C=O) groups is 2. The molecule has 0 radical (unpaired) electrons. The van der Waals surface area contributed by atoms with E-state index in [1.54, 1.807) is 19.1 Å². The molecule has 2 aliphatic rings. The lowest BCUT2D eigenvalue weighted by molar-refractivity contribution is -0.139. The van der Waals surface area contributed by atoms with Crippen LogP contribution in [0, 0.1) is 0 Å². The standard InChI is InChI=1S/C23H22BrNO6/c1-2-28-23(27)21-20(19-16(26)4-3-5-17(19)31-22(21)25)18-11-10-15(30-18)12-29-14-8-6-13(24)7-9-14/h6-11,20H,2-5,12,25H2,1H3. The molecule has 0 bridgehead atoms. The minimum atomic E-state index is -0.767. The first kappa shape index (κ1) is 21.2. The van der Waals surface area contributed by atoms with Gasteiger partial charge in [0.15, 0.2) is 5.78 Å². The number of carbonyl (C=O) groups excluding carboxylic acids is 2. The molecule has 1 atom stereocenters. The number of allylic oxidation sites excluding steroid dienone is 2. The predicted molar refractivity (Wildman–Crippen MR) is 115 cm³/mol. The van der Waals surface area contributed by atoms with Crippen molar-refractivity contribution in [3.63, 3.8) is 0 Å². The molecule has 0 saturated heterocycles. The zero-order chi connectivity index (χ0) is 22.0. The molecule has 0 spiro atoms. The number of hydrogen-bond acceptors (Lipinski definition) is 7. The largest absolute Gasteiger partial charge is 0.486 e. The van der Waals surface area contributed by atoms with Crippen molar-refractivity contribution in [2.75, 3.05) is 6.61 Å². The van der Waals surface area contributed by atoms with Crippen LogP contribution < -0.4 is 10.5 Å². The van der Waals surface area contributed by atoms with E-state index in [2.05, 4.69) is 15.9 Å². The molecule has 2 heterocycles. The van der Waals surface area contributed by atoms with Crippen molar-refractivity contribution in [3.8, 4) is 5.75 Å². The number of Topliss-reactive ketones (excluding diaryl/α,β-unsaturated/α-hetero) is 1. The van der Waals surface area contributed by atoms with Crippen LogP contribution in [-0.4, -0.2) is 18.4 Å². The lowest BCUT2D eigenvalue weighted by Gasteiger charge is -2.31. The highest BCUT2D eigenvalue weighted by Gasteiger charge is 2.42. The summed E-state index contributed by atoms with van der Waals surface area (Å²) in [6, 6.07) is 10.9. The van der Waals surface area contributed by atoms with Crippen molar-refractivity contribution in [2.45, 2.75) is 38.7 Å². The summed E-state index contributed by atoms with van der Waals surface area (Å²) in [5.74, 6) is 0.636. The smallest absolute Gasteiger partial charge is 0.340 e. The van der Waals surface area contributed by atoms with Crippen LogP contribution in [-0.2, 0) is 25.7 Å².